The van der Waals surface area contributed by atoms with Crippen molar-refractivity contribution in [3.8, 4) is 0 Å². The van der Waals surface area contributed by atoms with E-state index in [-0.39, 0.29) is 23.5 Å². The van der Waals surface area contributed by atoms with Crippen molar-refractivity contribution in [2.75, 3.05) is 0 Å². The largest absolute Gasteiger partial charge is 0.460 e. The third-order valence-electron chi connectivity index (χ3n) is 2.11. The Hall–Kier alpha value is -0.570. The van der Waals surface area contributed by atoms with Crippen molar-refractivity contribution in [3.63, 3.8) is 0 Å². The van der Waals surface area contributed by atoms with Crippen LogP contribution in [0.1, 0.15) is 53.9 Å². The second kappa shape index (κ2) is 6.11. The normalized spacial score (nSPS) is 15.9. The molecule has 0 spiro atoms. The average molecular weight is 215 g/mol. The minimum atomic E-state index is -0.382. The number of nitrogens with two attached hydrogens (primary N) is 1. The van der Waals surface area contributed by atoms with E-state index in [2.05, 4.69) is 0 Å². The van der Waals surface area contributed by atoms with E-state index < -0.39 is 0 Å². The lowest BCUT2D eigenvalue weighted by atomic mass is 10.0. The lowest BCUT2D eigenvalue weighted by Gasteiger charge is -2.22. The molecule has 0 amide bonds. The fourth-order valence-electron chi connectivity index (χ4n) is 1.27. The van der Waals surface area contributed by atoms with Gasteiger partial charge in [0.25, 0.3) is 0 Å². The molecule has 0 bridgehead atoms. The first-order chi connectivity index (χ1) is 6.72. The van der Waals surface area contributed by atoms with E-state index in [1.54, 1.807) is 0 Å². The Labute approximate surface area is 93.4 Å². The smallest absolute Gasteiger partial charge is 0.309 e. The quantitative estimate of drug-likeness (QED) is 0.717. The lowest BCUT2D eigenvalue weighted by Crippen LogP contribution is -2.27. The van der Waals surface area contributed by atoms with Crippen LogP contribution in [-0.2, 0) is 9.53 Å². The van der Waals surface area contributed by atoms with Crippen LogP contribution in [0.3, 0.4) is 0 Å². The average Bonchev–Trinajstić information content (AvgIpc) is 1.99. The maximum absolute atomic E-state index is 11.6. The molecule has 3 heteroatoms. The second-order valence-corrected chi connectivity index (χ2v) is 5.34. The van der Waals surface area contributed by atoms with Gasteiger partial charge < -0.3 is 10.5 Å². The minimum Gasteiger partial charge on any atom is -0.460 e. The van der Waals surface area contributed by atoms with Crippen LogP contribution in [0.2, 0.25) is 0 Å². The van der Waals surface area contributed by atoms with Crippen LogP contribution in [0.25, 0.3) is 0 Å². The number of carbonyl (C=O) groups is 1. The monoisotopic (exact) mass is 215 g/mol. The van der Waals surface area contributed by atoms with Crippen LogP contribution in [0.15, 0.2) is 0 Å². The van der Waals surface area contributed by atoms with Crippen molar-refractivity contribution in [1.82, 2.24) is 0 Å². The molecule has 0 aliphatic rings. The zero-order valence-corrected chi connectivity index (χ0v) is 10.7. The maximum Gasteiger partial charge on any atom is 0.309 e. The zero-order valence-electron chi connectivity index (χ0n) is 10.7. The van der Waals surface area contributed by atoms with Crippen molar-refractivity contribution >= 4 is 5.97 Å². The molecule has 3 nitrogen and oxygen atoms in total. The van der Waals surface area contributed by atoms with Gasteiger partial charge in [0.2, 0.25) is 0 Å². The van der Waals surface area contributed by atoms with Crippen molar-refractivity contribution in [2.45, 2.75) is 65.5 Å². The molecule has 0 fully saturated rings. The Morgan fingerprint density at radius 2 is 1.80 bits per heavy atom. The van der Waals surface area contributed by atoms with Crippen LogP contribution in [0.4, 0.5) is 0 Å². The first-order valence-corrected chi connectivity index (χ1v) is 5.71. The van der Waals surface area contributed by atoms with Crippen molar-refractivity contribution < 1.29 is 9.53 Å². The van der Waals surface area contributed by atoms with Gasteiger partial charge in [0.1, 0.15) is 5.60 Å². The first kappa shape index (κ1) is 14.4. The van der Waals surface area contributed by atoms with Gasteiger partial charge in [-0.05, 0) is 40.5 Å². The summed E-state index contributed by atoms with van der Waals surface area (Å²) in [7, 11) is 0. The van der Waals surface area contributed by atoms with Crippen LogP contribution in [0.5, 0.6) is 0 Å². The van der Waals surface area contributed by atoms with Crippen LogP contribution in [0, 0.1) is 5.92 Å². The Balaban J connectivity index is 3.80. The number of rotatable bonds is 5. The van der Waals surface area contributed by atoms with Crippen molar-refractivity contribution in [2.24, 2.45) is 11.7 Å². The molecular weight excluding hydrogens is 190 g/mol. The summed E-state index contributed by atoms with van der Waals surface area (Å²) in [6.07, 6.45) is 2.81. The van der Waals surface area contributed by atoms with Crippen LogP contribution in [-0.4, -0.2) is 17.6 Å². The predicted molar refractivity (Wildman–Crippen MR) is 62.5 cm³/mol. The lowest BCUT2D eigenvalue weighted by molar-refractivity contribution is -0.159. The van der Waals surface area contributed by atoms with E-state index in [1.807, 2.05) is 34.6 Å². The van der Waals surface area contributed by atoms with Gasteiger partial charge in [-0.1, -0.05) is 13.3 Å². The predicted octanol–water partition coefficient (Wildman–Crippen LogP) is 2.48. The van der Waals surface area contributed by atoms with Crippen LogP contribution >= 0.6 is 0 Å². The molecule has 0 aromatic carbocycles. The zero-order chi connectivity index (χ0) is 12.1. The summed E-state index contributed by atoms with van der Waals surface area (Å²) in [6, 6.07) is 0.218. The number of esters is 1. The molecule has 0 aliphatic carbocycles. The first-order valence-electron chi connectivity index (χ1n) is 5.71. The van der Waals surface area contributed by atoms with Gasteiger partial charge in [-0.2, -0.15) is 0 Å². The highest BCUT2D eigenvalue weighted by molar-refractivity contribution is 5.72. The van der Waals surface area contributed by atoms with Gasteiger partial charge in [0, 0.05) is 6.04 Å². The Bertz CT molecular complexity index is 194. The molecule has 0 rings (SSSR count). The van der Waals surface area contributed by atoms with Gasteiger partial charge in [-0.3, -0.25) is 4.79 Å². The summed E-state index contributed by atoms with van der Waals surface area (Å²) in [5.74, 6) is -0.129. The third kappa shape index (κ3) is 8.43. The topological polar surface area (TPSA) is 52.3 Å². The SMILES string of the molecule is CC(N)CCCC(C)C(=O)OC(C)(C)C. The molecule has 0 aromatic heterocycles. The second-order valence-electron chi connectivity index (χ2n) is 5.34. The van der Waals surface area contributed by atoms with E-state index in [4.69, 9.17) is 10.5 Å². The molecule has 2 unspecified atom stereocenters. The van der Waals surface area contributed by atoms with Crippen molar-refractivity contribution in [1.29, 1.82) is 0 Å². The molecule has 0 aromatic rings. The molecule has 90 valence electrons. The number of ether oxygens (including phenoxy) is 1. The minimum absolute atomic E-state index is 0.0250. The van der Waals surface area contributed by atoms with Gasteiger partial charge in [0.15, 0.2) is 0 Å². The molecule has 0 saturated carbocycles. The van der Waals surface area contributed by atoms with Crippen LogP contribution < -0.4 is 5.73 Å². The molecule has 15 heavy (non-hydrogen) atoms. The number of carbonyl (C=O) groups excluding carboxylic acids is 1. The van der Waals surface area contributed by atoms with Gasteiger partial charge in [0.05, 0.1) is 5.92 Å². The Morgan fingerprint density at radius 1 is 1.27 bits per heavy atom. The van der Waals surface area contributed by atoms with Gasteiger partial charge in [-0.15, -0.1) is 0 Å². The Kier molecular flexibility index (Phi) is 5.88. The fraction of sp³-hybridized carbons (Fsp3) is 0.917. The highest BCUT2D eigenvalue weighted by Crippen LogP contribution is 2.15. The highest BCUT2D eigenvalue weighted by Gasteiger charge is 2.21. The van der Waals surface area contributed by atoms with E-state index in [0.29, 0.717) is 0 Å². The summed E-state index contributed by atoms with van der Waals surface area (Å²) in [6.45, 7) is 9.56. The number of hydrogen-bond acceptors (Lipinski definition) is 3. The van der Waals surface area contributed by atoms with E-state index in [0.717, 1.165) is 19.3 Å². The number of hydrogen-bond donors (Lipinski definition) is 1. The fourth-order valence-corrected chi connectivity index (χ4v) is 1.27. The van der Waals surface area contributed by atoms with Gasteiger partial charge >= 0.3 is 5.97 Å². The van der Waals surface area contributed by atoms with E-state index >= 15 is 0 Å². The molecule has 0 saturated heterocycles. The molecule has 2 atom stereocenters. The standard InChI is InChI=1S/C12H25NO2/c1-9(7-6-8-10(2)13)11(14)15-12(3,4)5/h9-10H,6-8,13H2,1-5H3. The third-order valence-corrected chi connectivity index (χ3v) is 2.11. The molecular formula is C12H25NO2. The summed E-state index contributed by atoms with van der Waals surface area (Å²) >= 11 is 0. The molecule has 0 radical (unpaired) electrons. The van der Waals surface area contributed by atoms with E-state index in [1.165, 1.54) is 0 Å². The van der Waals surface area contributed by atoms with E-state index in [9.17, 15) is 4.79 Å². The highest BCUT2D eigenvalue weighted by atomic mass is 16.6. The Morgan fingerprint density at radius 3 is 2.20 bits per heavy atom. The summed E-state index contributed by atoms with van der Waals surface area (Å²) in [5, 5.41) is 0. The van der Waals surface area contributed by atoms with Crippen molar-refractivity contribution in [3.05, 3.63) is 0 Å². The summed E-state index contributed by atoms with van der Waals surface area (Å²) in [5.41, 5.74) is 5.26. The maximum atomic E-state index is 11.6. The van der Waals surface area contributed by atoms with Gasteiger partial charge in [-0.25, -0.2) is 0 Å². The molecule has 2 N–H and O–H groups in total. The summed E-state index contributed by atoms with van der Waals surface area (Å²) in [4.78, 5) is 11.6. The molecule has 0 aliphatic heterocycles. The summed E-state index contributed by atoms with van der Waals surface area (Å²) < 4.78 is 5.29. The molecule has 0 heterocycles.